The molecule has 1 aliphatic heterocycles. The van der Waals surface area contributed by atoms with Crippen LogP contribution in [0.5, 0.6) is 0 Å². The molecule has 1 heterocycles. The normalized spacial score (nSPS) is 18.6. The number of hydrogen-bond donors (Lipinski definition) is 0. The van der Waals surface area contributed by atoms with Crippen LogP contribution in [0.25, 0.3) is 0 Å². The predicted molar refractivity (Wildman–Crippen MR) is 83.3 cm³/mol. The molecule has 0 amide bonds. The van der Waals surface area contributed by atoms with E-state index in [1.165, 1.54) is 0 Å². The van der Waals surface area contributed by atoms with E-state index in [0.717, 1.165) is 30.4 Å². The molecule has 0 aromatic heterocycles. The van der Waals surface area contributed by atoms with E-state index in [1.54, 1.807) is 0 Å². The third kappa shape index (κ3) is 3.92. The van der Waals surface area contributed by atoms with Crippen LogP contribution in [0.15, 0.2) is 24.3 Å². The molecule has 3 nitrogen and oxygen atoms in total. The van der Waals surface area contributed by atoms with Crippen molar-refractivity contribution in [2.24, 2.45) is 5.92 Å². The van der Waals surface area contributed by atoms with Gasteiger partial charge in [0, 0.05) is 17.5 Å². The molecule has 116 valence electrons. The molecule has 0 spiro atoms. The highest BCUT2D eigenvalue weighted by molar-refractivity contribution is 5.96. The molecule has 0 bridgehead atoms. The molecule has 3 heteroatoms. The summed E-state index contributed by atoms with van der Waals surface area (Å²) >= 11 is 0. The second-order valence-electron chi connectivity index (χ2n) is 5.91. The fourth-order valence-corrected chi connectivity index (χ4v) is 2.88. The first kappa shape index (κ1) is 16.2. The van der Waals surface area contributed by atoms with Crippen molar-refractivity contribution < 1.29 is 14.3 Å². The van der Waals surface area contributed by atoms with Gasteiger partial charge in [-0.25, -0.2) is 0 Å². The number of rotatable bonds is 7. The Morgan fingerprint density at radius 1 is 1.19 bits per heavy atom. The molecule has 0 aliphatic carbocycles. The smallest absolute Gasteiger partial charge is 0.192 e. The quantitative estimate of drug-likeness (QED) is 0.702. The van der Waals surface area contributed by atoms with Crippen LogP contribution >= 0.6 is 0 Å². The summed E-state index contributed by atoms with van der Waals surface area (Å²) in [7, 11) is 0. The summed E-state index contributed by atoms with van der Waals surface area (Å²) in [6, 6.07) is 7.68. The average Bonchev–Trinajstić information content (AvgIpc) is 2.95. The molecular weight excluding hydrogens is 264 g/mol. The lowest BCUT2D eigenvalue weighted by Gasteiger charge is -2.22. The van der Waals surface area contributed by atoms with E-state index in [4.69, 9.17) is 9.47 Å². The number of Topliss-reactive ketones (excluding diaryl/α,β-unsaturated/α-hetero) is 1. The van der Waals surface area contributed by atoms with Gasteiger partial charge in [0.2, 0.25) is 0 Å². The first-order chi connectivity index (χ1) is 10.1. The van der Waals surface area contributed by atoms with E-state index < -0.39 is 5.79 Å². The molecule has 0 radical (unpaired) electrons. The Labute approximate surface area is 127 Å². The van der Waals surface area contributed by atoms with Gasteiger partial charge in [-0.15, -0.1) is 0 Å². The topological polar surface area (TPSA) is 35.5 Å². The summed E-state index contributed by atoms with van der Waals surface area (Å²) in [5.74, 6) is 0.0805. The molecular formula is C18H26O3. The maximum Gasteiger partial charge on any atom is 0.192 e. The Morgan fingerprint density at radius 3 is 2.33 bits per heavy atom. The Balaban J connectivity index is 2.03. The summed E-state index contributed by atoms with van der Waals surface area (Å²) in [6.07, 6.45) is 3.98. The van der Waals surface area contributed by atoms with Crippen molar-refractivity contribution in [1.82, 2.24) is 0 Å². The average molecular weight is 290 g/mol. The minimum Gasteiger partial charge on any atom is -0.344 e. The Kier molecular flexibility index (Phi) is 5.54. The van der Waals surface area contributed by atoms with Gasteiger partial charge in [0.15, 0.2) is 11.6 Å². The molecule has 0 saturated carbocycles. The molecule has 2 rings (SSSR count). The second-order valence-corrected chi connectivity index (χ2v) is 5.91. The minimum atomic E-state index is -0.657. The van der Waals surface area contributed by atoms with Gasteiger partial charge >= 0.3 is 0 Å². The highest BCUT2D eigenvalue weighted by Crippen LogP contribution is 2.31. The highest BCUT2D eigenvalue weighted by atomic mass is 16.7. The van der Waals surface area contributed by atoms with Crippen molar-refractivity contribution in [3.63, 3.8) is 0 Å². The maximum absolute atomic E-state index is 12.3. The summed E-state index contributed by atoms with van der Waals surface area (Å²) in [5, 5.41) is 0. The van der Waals surface area contributed by atoms with E-state index in [1.807, 2.05) is 31.2 Å². The number of carbonyl (C=O) groups excluding carboxylic acids is 1. The summed E-state index contributed by atoms with van der Waals surface area (Å²) < 4.78 is 11.3. The maximum atomic E-state index is 12.3. The number of benzene rings is 1. The minimum absolute atomic E-state index is 0.236. The van der Waals surface area contributed by atoms with E-state index in [0.29, 0.717) is 25.6 Å². The van der Waals surface area contributed by atoms with Crippen LogP contribution in [-0.2, 0) is 15.3 Å². The van der Waals surface area contributed by atoms with Gasteiger partial charge in [-0.2, -0.15) is 0 Å². The lowest BCUT2D eigenvalue weighted by Crippen LogP contribution is -2.22. The Hall–Kier alpha value is -1.19. The van der Waals surface area contributed by atoms with Gasteiger partial charge in [-0.1, -0.05) is 57.4 Å². The molecule has 1 unspecified atom stereocenters. The van der Waals surface area contributed by atoms with Gasteiger partial charge in [0.25, 0.3) is 0 Å². The zero-order valence-electron chi connectivity index (χ0n) is 13.4. The zero-order valence-corrected chi connectivity index (χ0v) is 13.4. The Morgan fingerprint density at radius 2 is 1.81 bits per heavy atom. The van der Waals surface area contributed by atoms with E-state index in [9.17, 15) is 4.79 Å². The summed E-state index contributed by atoms with van der Waals surface area (Å²) in [5.41, 5.74) is 1.76. The molecule has 1 aliphatic rings. The Bertz CT molecular complexity index is 458. The third-order valence-corrected chi connectivity index (χ3v) is 4.32. The van der Waals surface area contributed by atoms with E-state index >= 15 is 0 Å². The number of ketones is 1. The van der Waals surface area contributed by atoms with Crippen LogP contribution in [0.2, 0.25) is 0 Å². The molecule has 0 N–H and O–H groups in total. The summed E-state index contributed by atoms with van der Waals surface area (Å²) in [4.78, 5) is 12.3. The summed E-state index contributed by atoms with van der Waals surface area (Å²) in [6.45, 7) is 7.49. The predicted octanol–water partition coefficient (Wildman–Crippen LogP) is 4.31. The van der Waals surface area contributed by atoms with Crippen molar-refractivity contribution >= 4 is 5.78 Å². The van der Waals surface area contributed by atoms with Gasteiger partial charge in [-0.05, 0) is 12.8 Å². The first-order valence-electron chi connectivity index (χ1n) is 8.00. The van der Waals surface area contributed by atoms with Crippen LogP contribution in [0, 0.1) is 5.92 Å². The number of carbonyl (C=O) groups is 1. The lowest BCUT2D eigenvalue weighted by molar-refractivity contribution is -0.149. The molecule has 1 fully saturated rings. The number of ether oxygens (including phenoxy) is 2. The van der Waals surface area contributed by atoms with Gasteiger partial charge in [0.05, 0.1) is 13.2 Å². The van der Waals surface area contributed by atoms with Crippen LogP contribution in [0.4, 0.5) is 0 Å². The molecule has 1 aromatic rings. The number of hydrogen-bond acceptors (Lipinski definition) is 3. The van der Waals surface area contributed by atoms with Crippen LogP contribution in [0.1, 0.15) is 62.4 Å². The fraction of sp³-hybridized carbons (Fsp3) is 0.611. The van der Waals surface area contributed by atoms with Crippen molar-refractivity contribution in [2.45, 2.75) is 52.2 Å². The molecule has 1 atom stereocenters. The second kappa shape index (κ2) is 7.19. The molecule has 1 aromatic carbocycles. The van der Waals surface area contributed by atoms with Crippen LogP contribution in [-0.4, -0.2) is 19.0 Å². The molecule has 21 heavy (non-hydrogen) atoms. The first-order valence-corrected chi connectivity index (χ1v) is 8.00. The third-order valence-electron chi connectivity index (χ3n) is 4.32. The van der Waals surface area contributed by atoms with Gasteiger partial charge < -0.3 is 9.47 Å². The van der Waals surface area contributed by atoms with E-state index in [-0.39, 0.29) is 5.78 Å². The van der Waals surface area contributed by atoms with Crippen molar-refractivity contribution in [3.8, 4) is 0 Å². The standard InChI is InChI=1S/C18H26O3/c1-4-6-14(5-2)13-17(19)15-7-9-16(10-8-15)18(3)20-11-12-21-18/h7-10,14H,4-6,11-13H2,1-3H3. The zero-order chi connectivity index (χ0) is 15.3. The van der Waals surface area contributed by atoms with Crippen molar-refractivity contribution in [1.29, 1.82) is 0 Å². The fourth-order valence-electron chi connectivity index (χ4n) is 2.88. The SMILES string of the molecule is CCCC(CC)CC(=O)c1ccc(C2(C)OCCO2)cc1. The monoisotopic (exact) mass is 290 g/mol. The molecule has 1 saturated heterocycles. The van der Waals surface area contributed by atoms with Gasteiger partial charge in [0.1, 0.15) is 0 Å². The largest absolute Gasteiger partial charge is 0.344 e. The highest BCUT2D eigenvalue weighted by Gasteiger charge is 2.33. The van der Waals surface area contributed by atoms with Crippen LogP contribution in [0.3, 0.4) is 0 Å². The van der Waals surface area contributed by atoms with Crippen LogP contribution < -0.4 is 0 Å². The van der Waals surface area contributed by atoms with E-state index in [2.05, 4.69) is 13.8 Å². The van der Waals surface area contributed by atoms with Crippen molar-refractivity contribution in [2.75, 3.05) is 13.2 Å². The van der Waals surface area contributed by atoms with Gasteiger partial charge in [-0.3, -0.25) is 4.79 Å². The van der Waals surface area contributed by atoms with Crippen molar-refractivity contribution in [3.05, 3.63) is 35.4 Å². The lowest BCUT2D eigenvalue weighted by atomic mass is 9.92.